The van der Waals surface area contributed by atoms with Gasteiger partial charge in [-0.2, -0.15) is 0 Å². The lowest BCUT2D eigenvalue weighted by atomic mass is 10.1. The molecule has 0 aliphatic carbocycles. The van der Waals surface area contributed by atoms with Gasteiger partial charge in [-0.1, -0.05) is 37.8 Å². The van der Waals surface area contributed by atoms with Crippen LogP contribution >= 0.6 is 23.2 Å². The molecular weight excluding hydrogens is 425 g/mol. The molecule has 0 saturated heterocycles. The van der Waals surface area contributed by atoms with Crippen molar-refractivity contribution in [1.29, 1.82) is 0 Å². The van der Waals surface area contributed by atoms with Gasteiger partial charge in [0.2, 0.25) is 5.91 Å². The molecule has 0 aliphatic heterocycles. The second-order valence-corrected chi connectivity index (χ2v) is 8.70. The number of nitrogens with zero attached hydrogens (tertiary/aromatic N) is 1. The molecule has 0 aromatic carbocycles. The fourth-order valence-electron chi connectivity index (χ4n) is 3.09. The predicted octanol–water partition coefficient (Wildman–Crippen LogP) is 5.72. The van der Waals surface area contributed by atoms with E-state index in [4.69, 9.17) is 32.7 Å². The number of carbonyl (C=O) groups is 2. The summed E-state index contributed by atoms with van der Waals surface area (Å²) >= 11 is 12.1. The zero-order valence-electron chi connectivity index (χ0n) is 19.0. The summed E-state index contributed by atoms with van der Waals surface area (Å²) in [4.78, 5) is 24.9. The summed E-state index contributed by atoms with van der Waals surface area (Å²) in [6.45, 7) is 1.84. The molecule has 0 bridgehead atoms. The molecule has 0 fully saturated rings. The van der Waals surface area contributed by atoms with Gasteiger partial charge in [0, 0.05) is 38.8 Å². The number of methoxy groups -OCH3 is 1. The molecule has 176 valence electrons. The fraction of sp³-hybridized carbons (Fsp3) is 0.826. The lowest BCUT2D eigenvalue weighted by molar-refractivity contribution is -0.146. The van der Waals surface area contributed by atoms with Gasteiger partial charge in [0.05, 0.1) is 12.6 Å². The first-order valence-corrected chi connectivity index (χ1v) is 12.1. The molecule has 0 saturated carbocycles. The first kappa shape index (κ1) is 29.2. The third kappa shape index (κ3) is 17.0. The number of allylic oxidation sites excluding steroid dienone is 2. The molecule has 1 amide bonds. The second-order valence-electron chi connectivity index (χ2n) is 7.70. The number of unbranched alkanes of at least 4 members (excludes halogenated alkanes) is 5. The smallest absolute Gasteiger partial charge is 0.302 e. The van der Waals surface area contributed by atoms with Crippen LogP contribution in [0, 0.1) is 0 Å². The monoisotopic (exact) mass is 465 g/mol. The van der Waals surface area contributed by atoms with E-state index in [1.165, 1.54) is 26.2 Å². The van der Waals surface area contributed by atoms with E-state index in [9.17, 15) is 9.59 Å². The van der Waals surface area contributed by atoms with Crippen molar-refractivity contribution in [3.63, 3.8) is 0 Å². The van der Waals surface area contributed by atoms with Gasteiger partial charge in [-0.15, -0.1) is 23.2 Å². The quantitative estimate of drug-likeness (QED) is 0.106. The molecule has 30 heavy (non-hydrogen) atoms. The van der Waals surface area contributed by atoms with Crippen molar-refractivity contribution in [2.45, 2.75) is 89.0 Å². The summed E-state index contributed by atoms with van der Waals surface area (Å²) in [5, 5.41) is 0.283. The van der Waals surface area contributed by atoms with Crippen LogP contribution in [0.25, 0.3) is 0 Å². The molecule has 0 aromatic heterocycles. The Hall–Kier alpha value is -0.780. The van der Waals surface area contributed by atoms with Gasteiger partial charge in [0.15, 0.2) is 0 Å². The molecular formula is C23H41Cl2NO4. The average molecular weight is 466 g/mol. The van der Waals surface area contributed by atoms with E-state index in [1.54, 1.807) is 19.1 Å². The van der Waals surface area contributed by atoms with Gasteiger partial charge in [-0.3, -0.25) is 9.59 Å². The van der Waals surface area contributed by atoms with Gasteiger partial charge >= 0.3 is 5.97 Å². The third-order valence-corrected chi connectivity index (χ3v) is 5.71. The Morgan fingerprint density at radius 3 is 2.23 bits per heavy atom. The van der Waals surface area contributed by atoms with E-state index >= 15 is 0 Å². The highest BCUT2D eigenvalue weighted by Crippen LogP contribution is 2.17. The number of esters is 1. The third-order valence-electron chi connectivity index (χ3n) is 5.01. The standard InChI is InChI=1S/C23H41Cl2NO4/c1-20(27)30-19-22(18-29-3)26(2)23(28)16-12-7-5-4-6-10-14-21(25)15-11-8-9-13-17-24/h5,7,21-22H,4,6,8-19H2,1-3H3/b7-5+/t21?,22-/m0/s1. The normalized spacial score (nSPS) is 13.4. The van der Waals surface area contributed by atoms with E-state index in [0.717, 1.165) is 44.4 Å². The van der Waals surface area contributed by atoms with Crippen molar-refractivity contribution < 1.29 is 19.1 Å². The number of hydrogen-bond donors (Lipinski definition) is 0. The molecule has 0 heterocycles. The molecule has 5 nitrogen and oxygen atoms in total. The van der Waals surface area contributed by atoms with Crippen LogP contribution in [0.5, 0.6) is 0 Å². The number of rotatable bonds is 19. The van der Waals surface area contributed by atoms with E-state index < -0.39 is 0 Å². The minimum Gasteiger partial charge on any atom is -0.464 e. The Kier molecular flexibility index (Phi) is 19.6. The summed E-state index contributed by atoms with van der Waals surface area (Å²) in [6.07, 6.45) is 15.5. The Morgan fingerprint density at radius 2 is 1.60 bits per heavy atom. The van der Waals surface area contributed by atoms with Crippen molar-refractivity contribution in [2.24, 2.45) is 0 Å². The maximum atomic E-state index is 12.3. The largest absolute Gasteiger partial charge is 0.464 e. The number of halogens is 2. The number of amides is 1. The van der Waals surface area contributed by atoms with Crippen LogP contribution in [0.4, 0.5) is 0 Å². The first-order valence-electron chi connectivity index (χ1n) is 11.1. The second kappa shape index (κ2) is 20.1. The van der Waals surface area contributed by atoms with Crippen molar-refractivity contribution in [3.05, 3.63) is 12.2 Å². The Labute approximate surface area is 193 Å². The first-order chi connectivity index (χ1) is 14.4. The number of carbonyl (C=O) groups excluding carboxylic acids is 2. The maximum absolute atomic E-state index is 12.3. The minimum atomic E-state index is -0.359. The lowest BCUT2D eigenvalue weighted by Gasteiger charge is -2.27. The zero-order valence-corrected chi connectivity index (χ0v) is 20.6. The summed E-state index contributed by atoms with van der Waals surface area (Å²) < 4.78 is 10.1. The Balaban J connectivity index is 3.85. The average Bonchev–Trinajstić information content (AvgIpc) is 2.72. The molecule has 0 aliphatic rings. The molecule has 0 radical (unpaired) electrons. The van der Waals surface area contributed by atoms with Gasteiger partial charge in [0.1, 0.15) is 6.61 Å². The Bertz CT molecular complexity index is 474. The van der Waals surface area contributed by atoms with Crippen LogP contribution < -0.4 is 0 Å². The Morgan fingerprint density at radius 1 is 0.967 bits per heavy atom. The molecule has 0 aromatic rings. The van der Waals surface area contributed by atoms with E-state index in [1.807, 2.05) is 0 Å². The number of hydrogen-bond acceptors (Lipinski definition) is 4. The van der Waals surface area contributed by atoms with E-state index in [0.29, 0.717) is 19.4 Å². The maximum Gasteiger partial charge on any atom is 0.302 e. The summed E-state index contributed by atoms with van der Waals surface area (Å²) in [7, 11) is 3.29. The SMILES string of the molecule is COC[C@@H](COC(C)=O)N(C)C(=O)CC/C=C/CCCCC(Cl)CCCCCCCl. The van der Waals surface area contributed by atoms with Gasteiger partial charge in [-0.25, -0.2) is 0 Å². The van der Waals surface area contributed by atoms with Crippen molar-refractivity contribution >= 4 is 35.1 Å². The lowest BCUT2D eigenvalue weighted by Crippen LogP contribution is -2.43. The van der Waals surface area contributed by atoms with Crippen LogP contribution in [0.3, 0.4) is 0 Å². The van der Waals surface area contributed by atoms with Crippen LogP contribution in [-0.2, 0) is 19.1 Å². The number of alkyl halides is 2. The summed E-state index contributed by atoms with van der Waals surface area (Å²) in [5.74, 6) is 0.417. The van der Waals surface area contributed by atoms with Crippen LogP contribution in [0.15, 0.2) is 12.2 Å². The molecule has 0 spiro atoms. The topological polar surface area (TPSA) is 55.8 Å². The number of likely N-dealkylation sites (N-methyl/N-ethyl adjacent to an activating group) is 1. The molecule has 0 rings (SSSR count). The molecule has 0 N–H and O–H groups in total. The highest BCUT2D eigenvalue weighted by molar-refractivity contribution is 6.20. The highest BCUT2D eigenvalue weighted by Gasteiger charge is 2.20. The molecule has 7 heteroatoms. The van der Waals surface area contributed by atoms with Crippen LogP contribution in [0.2, 0.25) is 0 Å². The van der Waals surface area contributed by atoms with Gasteiger partial charge in [0.25, 0.3) is 0 Å². The van der Waals surface area contributed by atoms with Crippen LogP contribution in [-0.4, -0.2) is 61.4 Å². The molecule has 1 unspecified atom stereocenters. The van der Waals surface area contributed by atoms with Crippen molar-refractivity contribution in [3.8, 4) is 0 Å². The van der Waals surface area contributed by atoms with Crippen molar-refractivity contribution in [2.75, 3.05) is 33.3 Å². The predicted molar refractivity (Wildman–Crippen MR) is 125 cm³/mol. The molecule has 2 atom stereocenters. The van der Waals surface area contributed by atoms with Crippen molar-refractivity contribution in [1.82, 2.24) is 4.90 Å². The summed E-state index contributed by atoms with van der Waals surface area (Å²) in [6, 6.07) is -0.265. The minimum absolute atomic E-state index is 0.0184. The summed E-state index contributed by atoms with van der Waals surface area (Å²) in [5.41, 5.74) is 0. The zero-order chi connectivity index (χ0) is 22.6. The van der Waals surface area contributed by atoms with E-state index in [2.05, 4.69) is 12.2 Å². The van der Waals surface area contributed by atoms with Gasteiger partial charge < -0.3 is 14.4 Å². The van der Waals surface area contributed by atoms with Gasteiger partial charge in [-0.05, 0) is 38.5 Å². The highest BCUT2D eigenvalue weighted by atomic mass is 35.5. The fourth-order valence-corrected chi connectivity index (χ4v) is 3.58. The van der Waals surface area contributed by atoms with E-state index in [-0.39, 0.29) is 29.9 Å². The van der Waals surface area contributed by atoms with Crippen LogP contribution in [0.1, 0.15) is 77.6 Å². The number of ether oxygens (including phenoxy) is 2.